The highest BCUT2D eigenvalue weighted by molar-refractivity contribution is 7.57. The number of phosphoric acid groups is 1. The average Bonchev–Trinajstić information content (AvgIpc) is 2.54. The fourth-order valence-corrected chi connectivity index (χ4v) is 4.62. The maximum atomic E-state index is 12.2. The zero-order valence-corrected chi connectivity index (χ0v) is 17.3. The van der Waals surface area contributed by atoms with Crippen LogP contribution in [0.2, 0.25) is 0 Å². The molecule has 170 valence electrons. The molecule has 1 heterocycles. The van der Waals surface area contributed by atoms with E-state index in [1.165, 1.54) is 6.92 Å². The van der Waals surface area contributed by atoms with Crippen LogP contribution in [0.25, 0.3) is 0 Å². The van der Waals surface area contributed by atoms with Crippen LogP contribution in [0.4, 0.5) is 0 Å². The minimum atomic E-state index is -5.14. The van der Waals surface area contributed by atoms with Gasteiger partial charge in [-0.05, 0) is 0 Å². The van der Waals surface area contributed by atoms with E-state index in [4.69, 9.17) is 24.4 Å². The van der Waals surface area contributed by atoms with E-state index in [0.29, 0.717) is 0 Å². The number of carboxylic acids is 1. The van der Waals surface area contributed by atoms with Crippen molar-refractivity contribution < 1.29 is 62.7 Å². The minimum Gasteiger partial charge on any atom is -0.481 e. The lowest BCUT2D eigenvalue weighted by Crippen LogP contribution is -2.65. The molecule has 2 unspecified atom stereocenters. The molecule has 1 saturated heterocycles. The summed E-state index contributed by atoms with van der Waals surface area (Å²) < 4.78 is 38.2. The topological polar surface area (TPSA) is 229 Å². The average molecular weight is 465 g/mol. The van der Waals surface area contributed by atoms with Crippen molar-refractivity contribution in [3.8, 4) is 0 Å². The van der Waals surface area contributed by atoms with Gasteiger partial charge in [-0.15, -0.1) is 0 Å². The molecule has 0 radical (unpaired) electrons. The number of ether oxygens (including phenoxy) is 2. The summed E-state index contributed by atoms with van der Waals surface area (Å²) in [6.07, 6.45) is -8.19. The van der Waals surface area contributed by atoms with Crippen molar-refractivity contribution in [2.75, 3.05) is 19.1 Å². The first kappa shape index (κ1) is 26.1. The summed E-state index contributed by atoms with van der Waals surface area (Å²) >= 11 is 0. The van der Waals surface area contributed by atoms with E-state index in [2.05, 4.69) is 9.84 Å². The van der Waals surface area contributed by atoms with Crippen molar-refractivity contribution in [3.63, 3.8) is 0 Å². The number of carbonyl (C=O) groups is 2. The molecule has 0 aromatic heterocycles. The molecule has 0 spiro atoms. The van der Waals surface area contributed by atoms with E-state index < -0.39 is 82.7 Å². The Morgan fingerprint density at radius 1 is 1.24 bits per heavy atom. The molecule has 14 nitrogen and oxygen atoms in total. The molecule has 0 aromatic rings. The lowest BCUT2D eigenvalue weighted by Gasteiger charge is -2.44. The molecule has 7 N–H and O–H groups in total. The molecule has 29 heavy (non-hydrogen) atoms. The van der Waals surface area contributed by atoms with Crippen molar-refractivity contribution in [2.24, 2.45) is 5.92 Å². The summed E-state index contributed by atoms with van der Waals surface area (Å²) in [5.41, 5.74) is 0. The summed E-state index contributed by atoms with van der Waals surface area (Å²) in [6.45, 7) is 1.42. The number of carboxylic acid groups (broad SMARTS) is 1. The van der Waals surface area contributed by atoms with Crippen molar-refractivity contribution in [3.05, 3.63) is 0 Å². The molecule has 0 aromatic carbocycles. The smallest absolute Gasteiger partial charge is 0.472 e. The Morgan fingerprint density at radius 3 is 2.28 bits per heavy atom. The predicted molar refractivity (Wildman–Crippen MR) is 93.7 cm³/mol. The maximum Gasteiger partial charge on any atom is 0.472 e. The van der Waals surface area contributed by atoms with Gasteiger partial charge in [-0.2, -0.15) is 0 Å². The Balaban J connectivity index is 3.08. The van der Waals surface area contributed by atoms with Gasteiger partial charge in [-0.25, -0.2) is 4.57 Å². The Morgan fingerprint density at radius 2 is 1.83 bits per heavy atom. The van der Waals surface area contributed by atoms with Crippen LogP contribution in [0, 0.1) is 5.92 Å². The predicted octanol–water partition coefficient (Wildman–Crippen LogP) is -1.99. The number of nitrogens with one attached hydrogen (secondary N) is 1. The number of rotatable bonds is 10. The lowest BCUT2D eigenvalue weighted by molar-refractivity contribution is -0.254. The number of carbonyl (C=O) groups excluding carboxylic acids is 1. The number of phosphoric ester groups is 1. The second kappa shape index (κ2) is 10.4. The standard InChI is InChI=1S/C13H25NO13P2/c1-6(12(18)19)4-28(20,21)5-25-11-9(14-7(2)16)13(27-29(22,23)24)26-8(3-15)10(11)17/h6,8-11,13,15,17H,3-5H2,1-2H3,(H,14,16)(H,18,19)(H,20,21)(H2,22,23,24)/t6?,8-,9-,10-,11-,13-/m1/s1. The number of aliphatic hydroxyl groups excluding tert-OH is 2. The van der Waals surface area contributed by atoms with E-state index in [-0.39, 0.29) is 0 Å². The summed E-state index contributed by atoms with van der Waals surface area (Å²) in [5.74, 6) is -3.21. The molecule has 1 amide bonds. The van der Waals surface area contributed by atoms with Gasteiger partial charge >= 0.3 is 13.8 Å². The molecule has 1 rings (SSSR count). The maximum absolute atomic E-state index is 12.2. The van der Waals surface area contributed by atoms with Crippen molar-refractivity contribution in [2.45, 2.75) is 44.5 Å². The van der Waals surface area contributed by atoms with Gasteiger partial charge in [-0.1, -0.05) is 6.92 Å². The Labute approximate surface area is 165 Å². The van der Waals surface area contributed by atoms with Crippen molar-refractivity contribution in [1.29, 1.82) is 0 Å². The first-order valence-corrected chi connectivity index (χ1v) is 11.8. The molecular weight excluding hydrogens is 440 g/mol. The van der Waals surface area contributed by atoms with Crippen LogP contribution in [0.5, 0.6) is 0 Å². The Bertz CT molecular complexity index is 682. The number of aliphatic hydroxyl groups is 2. The quantitative estimate of drug-likeness (QED) is 0.174. The normalized spacial score (nSPS) is 30.9. The fraction of sp³-hybridized carbons (Fsp3) is 0.846. The second-order valence-electron chi connectivity index (χ2n) is 6.57. The largest absolute Gasteiger partial charge is 0.481 e. The van der Waals surface area contributed by atoms with Crippen molar-refractivity contribution in [1.82, 2.24) is 5.32 Å². The third-order valence-electron chi connectivity index (χ3n) is 3.91. The minimum absolute atomic E-state index is 0.641. The highest BCUT2D eigenvalue weighted by Crippen LogP contribution is 2.45. The van der Waals surface area contributed by atoms with E-state index in [0.717, 1.165) is 6.92 Å². The molecule has 1 fully saturated rings. The monoisotopic (exact) mass is 465 g/mol. The molecule has 0 aliphatic carbocycles. The number of hydrogen-bond donors (Lipinski definition) is 7. The Hall–Kier alpha value is -0.920. The van der Waals surface area contributed by atoms with Crippen LogP contribution in [0.3, 0.4) is 0 Å². The third-order valence-corrected chi connectivity index (χ3v) is 6.07. The third kappa shape index (κ3) is 8.38. The molecule has 7 atom stereocenters. The van der Waals surface area contributed by atoms with E-state index in [9.17, 15) is 33.8 Å². The van der Waals surface area contributed by atoms with Gasteiger partial charge in [0.25, 0.3) is 0 Å². The van der Waals surface area contributed by atoms with Gasteiger partial charge in [0, 0.05) is 13.1 Å². The van der Waals surface area contributed by atoms with Crippen LogP contribution in [-0.4, -0.2) is 91.6 Å². The van der Waals surface area contributed by atoms with Gasteiger partial charge in [0.15, 0.2) is 6.29 Å². The molecule has 0 saturated carbocycles. The molecule has 0 bridgehead atoms. The van der Waals surface area contributed by atoms with Crippen LogP contribution in [-0.2, 0) is 32.7 Å². The fourth-order valence-electron chi connectivity index (χ4n) is 2.64. The summed E-state index contributed by atoms with van der Waals surface area (Å²) in [7, 11) is -9.31. The van der Waals surface area contributed by atoms with E-state index >= 15 is 0 Å². The van der Waals surface area contributed by atoms with Gasteiger partial charge in [0.1, 0.15) is 30.7 Å². The second-order valence-corrected chi connectivity index (χ2v) is 10.1. The van der Waals surface area contributed by atoms with Gasteiger partial charge < -0.3 is 44.8 Å². The van der Waals surface area contributed by atoms with Crippen LogP contribution < -0.4 is 5.32 Å². The lowest BCUT2D eigenvalue weighted by atomic mass is 9.97. The first-order valence-electron chi connectivity index (χ1n) is 8.27. The SMILES string of the molecule is CC(=O)N[C@H]1[C@@H](OP(=O)(O)O)O[C@H](CO)[C@@H](O)[C@@H]1OCP(=O)(O)CC(C)C(=O)O. The van der Waals surface area contributed by atoms with Crippen molar-refractivity contribution >= 4 is 27.1 Å². The van der Waals surface area contributed by atoms with E-state index in [1.807, 2.05) is 0 Å². The van der Waals surface area contributed by atoms with Gasteiger partial charge in [-0.3, -0.25) is 18.7 Å². The Kier molecular flexibility index (Phi) is 9.37. The van der Waals surface area contributed by atoms with E-state index in [1.54, 1.807) is 0 Å². The summed E-state index contributed by atoms with van der Waals surface area (Å²) in [6, 6.07) is -1.53. The van der Waals surface area contributed by atoms with Crippen LogP contribution >= 0.6 is 15.2 Å². The number of aliphatic carboxylic acids is 1. The molecular formula is C13H25NO13P2. The summed E-state index contributed by atoms with van der Waals surface area (Å²) in [4.78, 5) is 50.4. The highest BCUT2D eigenvalue weighted by Gasteiger charge is 2.49. The van der Waals surface area contributed by atoms with Crippen LogP contribution in [0.1, 0.15) is 13.8 Å². The van der Waals surface area contributed by atoms with Crippen LogP contribution in [0.15, 0.2) is 0 Å². The molecule has 1 aliphatic heterocycles. The number of hydrogen-bond acceptors (Lipinski definition) is 9. The number of amides is 1. The zero-order chi connectivity index (χ0) is 22.6. The molecule has 1 aliphatic rings. The van der Waals surface area contributed by atoms with Gasteiger partial charge in [0.05, 0.1) is 12.5 Å². The first-order chi connectivity index (χ1) is 13.2. The van der Waals surface area contributed by atoms with Gasteiger partial charge in [0.2, 0.25) is 13.3 Å². The highest BCUT2D eigenvalue weighted by atomic mass is 31.2. The molecule has 16 heteroatoms. The zero-order valence-electron chi connectivity index (χ0n) is 15.5. The summed E-state index contributed by atoms with van der Waals surface area (Å²) in [5, 5.41) is 30.7.